The maximum atomic E-state index is 13.4. The lowest BCUT2D eigenvalue weighted by atomic mass is 9.63. The van der Waals surface area contributed by atoms with Gasteiger partial charge in [0.25, 0.3) is 0 Å². The van der Waals surface area contributed by atoms with Gasteiger partial charge in [-0.2, -0.15) is 0 Å². The van der Waals surface area contributed by atoms with E-state index in [1.165, 1.54) is 6.08 Å². The second-order valence-corrected chi connectivity index (χ2v) is 9.19. The quantitative estimate of drug-likeness (QED) is 0.419. The number of fused-ring (bicyclic) bond motifs is 1. The third-order valence-corrected chi connectivity index (χ3v) is 5.92. The molecule has 1 heterocycles. The van der Waals surface area contributed by atoms with Crippen LogP contribution in [0.4, 0.5) is 0 Å². The number of hydrogen-bond donors (Lipinski definition) is 0. The highest BCUT2D eigenvalue weighted by Gasteiger charge is 2.47. The van der Waals surface area contributed by atoms with Crippen LogP contribution < -0.4 is 9.47 Å². The molecule has 1 aliphatic carbocycles. The zero-order valence-electron chi connectivity index (χ0n) is 19.7. The molecule has 1 fully saturated rings. The van der Waals surface area contributed by atoms with E-state index in [1.807, 2.05) is 32.0 Å². The Balaban J connectivity index is 2.13. The Kier molecular flexibility index (Phi) is 7.22. The fraction of sp³-hybridized carbons (Fsp3) is 0.500. The first-order valence-corrected chi connectivity index (χ1v) is 11.1. The number of aliphatic imine (C=N–C) groups is 1. The van der Waals surface area contributed by atoms with Crippen LogP contribution in [-0.2, 0) is 14.3 Å². The molecule has 1 unspecified atom stereocenters. The Morgan fingerprint density at radius 1 is 1.25 bits per heavy atom. The molecule has 0 saturated heterocycles. The molecule has 3 rings (SSSR count). The summed E-state index contributed by atoms with van der Waals surface area (Å²) in [6.07, 6.45) is 3.55. The molecular weight excluding hydrogens is 406 g/mol. The van der Waals surface area contributed by atoms with Gasteiger partial charge in [-0.05, 0) is 42.9 Å². The van der Waals surface area contributed by atoms with Gasteiger partial charge in [-0.25, -0.2) is 4.79 Å². The lowest BCUT2D eigenvalue weighted by molar-refractivity contribution is -0.138. The fourth-order valence-electron chi connectivity index (χ4n) is 4.64. The molecular formula is C26H33NO5. The number of esters is 1. The maximum Gasteiger partial charge on any atom is 0.336 e. The van der Waals surface area contributed by atoms with Crippen molar-refractivity contribution < 1.29 is 23.8 Å². The molecule has 0 aromatic heterocycles. The standard InChI is InChI=1S/C26H33NO5/c1-7-11-31-20-10-9-17(13-21(20)30-6)23-22(25(29)32-12-8-2)16(3)27-18-14-26(4,5)15-19(28)24(18)23/h8-10,13,23-24H,2,7,11-12,14-15H2,1,3-6H3/t23-,24?/m0/s1. The Labute approximate surface area is 190 Å². The smallest absolute Gasteiger partial charge is 0.336 e. The van der Waals surface area contributed by atoms with E-state index in [2.05, 4.69) is 20.4 Å². The number of allylic oxidation sites excluding steroid dienone is 1. The van der Waals surface area contributed by atoms with E-state index in [-0.39, 0.29) is 17.8 Å². The molecule has 6 nitrogen and oxygen atoms in total. The maximum absolute atomic E-state index is 13.4. The van der Waals surface area contributed by atoms with E-state index in [9.17, 15) is 9.59 Å². The predicted molar refractivity (Wildman–Crippen MR) is 124 cm³/mol. The van der Waals surface area contributed by atoms with E-state index < -0.39 is 17.8 Å². The van der Waals surface area contributed by atoms with Gasteiger partial charge >= 0.3 is 5.97 Å². The van der Waals surface area contributed by atoms with Crippen molar-refractivity contribution in [3.63, 3.8) is 0 Å². The van der Waals surface area contributed by atoms with Crippen LogP contribution >= 0.6 is 0 Å². The van der Waals surface area contributed by atoms with Crippen molar-refractivity contribution in [2.75, 3.05) is 20.3 Å². The van der Waals surface area contributed by atoms with E-state index in [1.54, 1.807) is 7.11 Å². The zero-order valence-corrected chi connectivity index (χ0v) is 19.7. The Hall–Kier alpha value is -2.89. The molecule has 1 aromatic carbocycles. The monoisotopic (exact) mass is 439 g/mol. The Bertz CT molecular complexity index is 972. The number of hydrogen-bond acceptors (Lipinski definition) is 6. The third-order valence-electron chi connectivity index (χ3n) is 5.92. The Morgan fingerprint density at radius 2 is 2.00 bits per heavy atom. The molecule has 1 aromatic rings. The van der Waals surface area contributed by atoms with Gasteiger partial charge < -0.3 is 14.2 Å². The van der Waals surface area contributed by atoms with Crippen LogP contribution in [0.15, 0.2) is 47.1 Å². The second kappa shape index (κ2) is 9.72. The predicted octanol–water partition coefficient (Wildman–Crippen LogP) is 5.03. The minimum Gasteiger partial charge on any atom is -0.493 e. The first-order valence-electron chi connectivity index (χ1n) is 11.1. The summed E-state index contributed by atoms with van der Waals surface area (Å²) in [6.45, 7) is 12.3. The van der Waals surface area contributed by atoms with E-state index in [4.69, 9.17) is 19.2 Å². The van der Waals surface area contributed by atoms with Crippen molar-refractivity contribution in [1.29, 1.82) is 0 Å². The number of nitrogens with zero attached hydrogens (tertiary/aromatic N) is 1. The largest absolute Gasteiger partial charge is 0.493 e. The van der Waals surface area contributed by atoms with Crippen LogP contribution in [0, 0.1) is 11.3 Å². The topological polar surface area (TPSA) is 74.2 Å². The molecule has 0 bridgehead atoms. The number of carbonyl (C=O) groups is 2. The third kappa shape index (κ3) is 4.79. The van der Waals surface area contributed by atoms with Gasteiger partial charge in [0, 0.05) is 23.7 Å². The molecule has 1 aliphatic heterocycles. The second-order valence-electron chi connectivity index (χ2n) is 9.19. The number of ether oxygens (including phenoxy) is 3. The van der Waals surface area contributed by atoms with Crippen LogP contribution in [0.25, 0.3) is 0 Å². The van der Waals surface area contributed by atoms with Crippen molar-refractivity contribution in [2.24, 2.45) is 16.3 Å². The summed E-state index contributed by atoms with van der Waals surface area (Å²) in [5.41, 5.74) is 2.48. The highest BCUT2D eigenvalue weighted by atomic mass is 16.5. The normalized spacial score (nSPS) is 22.0. The fourth-order valence-corrected chi connectivity index (χ4v) is 4.64. The molecule has 32 heavy (non-hydrogen) atoms. The molecule has 2 atom stereocenters. The first-order chi connectivity index (χ1) is 15.2. The Morgan fingerprint density at radius 3 is 2.66 bits per heavy atom. The van der Waals surface area contributed by atoms with Crippen molar-refractivity contribution in [2.45, 2.75) is 52.9 Å². The number of Topliss-reactive ketones (excluding diaryl/α,β-unsaturated/α-hetero) is 1. The average Bonchev–Trinajstić information content (AvgIpc) is 2.74. The van der Waals surface area contributed by atoms with Crippen molar-refractivity contribution in [1.82, 2.24) is 0 Å². The number of ketones is 1. The van der Waals surface area contributed by atoms with Crippen LogP contribution in [0.3, 0.4) is 0 Å². The summed E-state index contributed by atoms with van der Waals surface area (Å²) in [5, 5.41) is 0. The van der Waals surface area contributed by atoms with Gasteiger partial charge in [0.15, 0.2) is 11.5 Å². The minimum atomic E-state index is -0.495. The molecule has 1 saturated carbocycles. The van der Waals surface area contributed by atoms with Gasteiger partial charge in [-0.15, -0.1) is 0 Å². The molecule has 0 spiro atoms. The number of methoxy groups -OCH3 is 1. The molecule has 0 amide bonds. The van der Waals surface area contributed by atoms with Crippen LogP contribution in [0.1, 0.15) is 58.4 Å². The zero-order chi connectivity index (χ0) is 23.5. The number of rotatable bonds is 8. The van der Waals surface area contributed by atoms with Crippen LogP contribution in [-0.4, -0.2) is 37.8 Å². The van der Waals surface area contributed by atoms with Gasteiger partial charge in [0.1, 0.15) is 12.4 Å². The average molecular weight is 440 g/mol. The summed E-state index contributed by atoms with van der Waals surface area (Å²) in [4.78, 5) is 31.1. The molecule has 2 aliphatic rings. The number of carbonyl (C=O) groups excluding carboxylic acids is 2. The molecule has 0 radical (unpaired) electrons. The lowest BCUT2D eigenvalue weighted by Gasteiger charge is -2.41. The highest BCUT2D eigenvalue weighted by molar-refractivity contribution is 6.12. The molecule has 6 heteroatoms. The van der Waals surface area contributed by atoms with E-state index in [0.29, 0.717) is 42.2 Å². The molecule has 172 valence electrons. The first kappa shape index (κ1) is 23.8. The summed E-state index contributed by atoms with van der Waals surface area (Å²) in [6, 6.07) is 5.61. The minimum absolute atomic E-state index is 0.0943. The van der Waals surface area contributed by atoms with Gasteiger partial charge in [0.05, 0.1) is 25.2 Å². The SMILES string of the molecule is C=CCOC(=O)C1=C(C)N=C2CC(C)(C)CC(=O)C2[C@H]1c1ccc(OCCC)c(OC)c1. The van der Waals surface area contributed by atoms with E-state index in [0.717, 1.165) is 17.7 Å². The van der Waals surface area contributed by atoms with Gasteiger partial charge in [0.2, 0.25) is 0 Å². The summed E-state index contributed by atoms with van der Waals surface area (Å²) in [5.74, 6) is -0.159. The van der Waals surface area contributed by atoms with Crippen molar-refractivity contribution in [3.8, 4) is 11.5 Å². The van der Waals surface area contributed by atoms with Crippen molar-refractivity contribution >= 4 is 17.5 Å². The van der Waals surface area contributed by atoms with Crippen LogP contribution in [0.2, 0.25) is 0 Å². The van der Waals surface area contributed by atoms with Crippen molar-refractivity contribution in [3.05, 3.63) is 47.7 Å². The summed E-state index contributed by atoms with van der Waals surface area (Å²) in [7, 11) is 1.58. The molecule has 0 N–H and O–H groups in total. The number of benzene rings is 1. The highest BCUT2D eigenvalue weighted by Crippen LogP contribution is 2.48. The van der Waals surface area contributed by atoms with Gasteiger partial charge in [-0.3, -0.25) is 9.79 Å². The lowest BCUT2D eigenvalue weighted by Crippen LogP contribution is -2.44. The van der Waals surface area contributed by atoms with E-state index >= 15 is 0 Å². The summed E-state index contributed by atoms with van der Waals surface area (Å²) >= 11 is 0. The summed E-state index contributed by atoms with van der Waals surface area (Å²) < 4.78 is 16.8. The van der Waals surface area contributed by atoms with Crippen LogP contribution in [0.5, 0.6) is 11.5 Å². The van der Waals surface area contributed by atoms with Gasteiger partial charge in [-0.1, -0.05) is 39.5 Å².